The third-order valence-corrected chi connectivity index (χ3v) is 19.9. The molecule has 0 aliphatic heterocycles. The van der Waals surface area contributed by atoms with Crippen LogP contribution in [-0.4, -0.2) is 96.7 Å². The smallest absolute Gasteiger partial charge is 0.462 e. The normalized spacial score (nSPS) is 14.0. The minimum Gasteiger partial charge on any atom is -0.462 e. The molecule has 2 unspecified atom stereocenters. The maximum absolute atomic E-state index is 13.1. The third-order valence-electron chi connectivity index (χ3n) is 18.0. The summed E-state index contributed by atoms with van der Waals surface area (Å²) in [5, 5.41) is 10.6. The van der Waals surface area contributed by atoms with Gasteiger partial charge in [-0.25, -0.2) is 9.13 Å². The highest BCUT2D eigenvalue weighted by Gasteiger charge is 2.30. The van der Waals surface area contributed by atoms with Gasteiger partial charge >= 0.3 is 39.5 Å². The molecule has 0 bridgehead atoms. The minimum absolute atomic E-state index is 0.107. The van der Waals surface area contributed by atoms with Crippen molar-refractivity contribution in [2.45, 2.75) is 419 Å². The molecule has 5 atom stereocenters. The molecule has 0 aromatic heterocycles. The van der Waals surface area contributed by atoms with Crippen molar-refractivity contribution >= 4 is 39.5 Å². The van der Waals surface area contributed by atoms with Gasteiger partial charge in [0.05, 0.1) is 26.4 Å². The van der Waals surface area contributed by atoms with Gasteiger partial charge in [0.15, 0.2) is 12.2 Å². The molecule has 0 aliphatic rings. The van der Waals surface area contributed by atoms with E-state index in [1.807, 2.05) is 0 Å². The summed E-state index contributed by atoms with van der Waals surface area (Å²) in [4.78, 5) is 72.8. The zero-order valence-electron chi connectivity index (χ0n) is 62.7. The van der Waals surface area contributed by atoms with Crippen LogP contribution in [0.2, 0.25) is 0 Å². The fourth-order valence-corrected chi connectivity index (χ4v) is 13.4. The first kappa shape index (κ1) is 94.1. The number of phosphoric acid groups is 2. The predicted octanol–water partition coefficient (Wildman–Crippen LogP) is 22.7. The van der Waals surface area contributed by atoms with Crippen LogP contribution in [0.25, 0.3) is 0 Å². The van der Waals surface area contributed by atoms with E-state index >= 15 is 0 Å². The van der Waals surface area contributed by atoms with E-state index in [0.29, 0.717) is 25.7 Å². The second-order valence-corrected chi connectivity index (χ2v) is 31.6. The van der Waals surface area contributed by atoms with Crippen molar-refractivity contribution in [3.63, 3.8) is 0 Å². The fourth-order valence-electron chi connectivity index (χ4n) is 11.8. The Labute approximate surface area is 588 Å². The number of phosphoric ester groups is 2. The van der Waals surface area contributed by atoms with Gasteiger partial charge in [-0.1, -0.05) is 350 Å². The minimum atomic E-state index is -4.96. The SMILES string of the molecule is CCCCCCCCCCCCCCCCCC(=O)OC[C@H](COP(=O)(O)OC[C@@H](O)COP(=O)(O)OC[C@@H](COC(=O)CCCCCCCCCCC)OC(=O)CCCCCCCCCCCCCC(C)C)OC(=O)CCCCCCCCCCCCCCCCCC(C)C. The van der Waals surface area contributed by atoms with Crippen molar-refractivity contribution < 1.29 is 80.2 Å². The number of ether oxygens (including phenoxy) is 4. The van der Waals surface area contributed by atoms with Crippen LogP contribution in [0.4, 0.5) is 0 Å². The summed E-state index contributed by atoms with van der Waals surface area (Å²) >= 11 is 0. The number of hydrogen-bond acceptors (Lipinski definition) is 15. The molecule has 0 saturated carbocycles. The second-order valence-electron chi connectivity index (χ2n) is 28.7. The van der Waals surface area contributed by atoms with E-state index in [9.17, 15) is 43.2 Å². The van der Waals surface area contributed by atoms with Crippen LogP contribution < -0.4 is 0 Å². The molecule has 19 heteroatoms. The molecule has 0 fully saturated rings. The monoisotopic (exact) mass is 1410 g/mol. The fraction of sp³-hybridized carbons (Fsp3) is 0.948. The second kappa shape index (κ2) is 68.8. The van der Waals surface area contributed by atoms with Crippen LogP contribution in [-0.2, 0) is 65.4 Å². The molecular formula is C77H150O17P2. The van der Waals surface area contributed by atoms with E-state index < -0.39 is 97.5 Å². The van der Waals surface area contributed by atoms with Crippen LogP contribution in [0, 0.1) is 11.8 Å². The number of aliphatic hydroxyl groups excluding tert-OH is 1. The Morgan fingerprint density at radius 2 is 0.479 bits per heavy atom. The summed E-state index contributed by atoms with van der Waals surface area (Å²) < 4.78 is 68.5. The van der Waals surface area contributed by atoms with Gasteiger partial charge < -0.3 is 33.8 Å². The van der Waals surface area contributed by atoms with Gasteiger partial charge in [-0.15, -0.1) is 0 Å². The number of esters is 4. The largest absolute Gasteiger partial charge is 0.472 e. The Bertz CT molecular complexity index is 1860. The molecule has 0 heterocycles. The Morgan fingerprint density at radius 1 is 0.281 bits per heavy atom. The van der Waals surface area contributed by atoms with Crippen LogP contribution in [0.1, 0.15) is 401 Å². The lowest BCUT2D eigenvalue weighted by atomic mass is 10.0. The first-order chi connectivity index (χ1) is 46.4. The van der Waals surface area contributed by atoms with E-state index in [1.54, 1.807) is 0 Å². The molecule has 0 aliphatic carbocycles. The summed E-state index contributed by atoms with van der Waals surface area (Å²) in [6.45, 7) is 9.62. The number of unbranched alkanes of at least 4 members (excludes halogenated alkanes) is 46. The molecule has 0 aromatic rings. The van der Waals surface area contributed by atoms with Crippen molar-refractivity contribution in [3.05, 3.63) is 0 Å². The Balaban J connectivity index is 5.23. The Kier molecular flexibility index (Phi) is 67.4. The van der Waals surface area contributed by atoms with E-state index in [4.69, 9.17) is 37.0 Å². The van der Waals surface area contributed by atoms with Gasteiger partial charge in [0.2, 0.25) is 0 Å². The highest BCUT2D eigenvalue weighted by molar-refractivity contribution is 7.47. The predicted molar refractivity (Wildman–Crippen MR) is 391 cm³/mol. The molecular weight excluding hydrogens is 1260 g/mol. The molecule has 0 spiro atoms. The molecule has 0 rings (SSSR count). The van der Waals surface area contributed by atoms with Crippen molar-refractivity contribution in [1.29, 1.82) is 0 Å². The zero-order chi connectivity index (χ0) is 70.7. The van der Waals surface area contributed by atoms with Gasteiger partial charge in [-0.3, -0.25) is 37.3 Å². The number of aliphatic hydroxyl groups is 1. The van der Waals surface area contributed by atoms with Gasteiger partial charge in [0.1, 0.15) is 19.3 Å². The van der Waals surface area contributed by atoms with Crippen LogP contribution in [0.5, 0.6) is 0 Å². The lowest BCUT2D eigenvalue weighted by Crippen LogP contribution is -2.30. The molecule has 96 heavy (non-hydrogen) atoms. The van der Waals surface area contributed by atoms with Gasteiger partial charge in [0, 0.05) is 25.7 Å². The molecule has 17 nitrogen and oxygen atoms in total. The van der Waals surface area contributed by atoms with Crippen molar-refractivity contribution in [1.82, 2.24) is 0 Å². The van der Waals surface area contributed by atoms with Gasteiger partial charge in [-0.2, -0.15) is 0 Å². The molecule has 0 aromatic carbocycles. The van der Waals surface area contributed by atoms with Crippen molar-refractivity contribution in [2.24, 2.45) is 11.8 Å². The van der Waals surface area contributed by atoms with E-state index in [0.717, 1.165) is 102 Å². The quantitative estimate of drug-likeness (QED) is 0.0222. The summed E-state index contributed by atoms with van der Waals surface area (Å²) in [6.07, 6.45) is 56.8. The average molecular weight is 1410 g/mol. The number of carbonyl (C=O) groups excluding carboxylic acids is 4. The number of carbonyl (C=O) groups is 4. The Hall–Kier alpha value is -1.94. The first-order valence-electron chi connectivity index (χ1n) is 40.0. The van der Waals surface area contributed by atoms with Crippen LogP contribution >= 0.6 is 15.6 Å². The van der Waals surface area contributed by atoms with Crippen LogP contribution in [0.15, 0.2) is 0 Å². The highest BCUT2D eigenvalue weighted by atomic mass is 31.2. The molecule has 0 radical (unpaired) electrons. The average Bonchev–Trinajstić information content (AvgIpc) is 1.15. The number of hydrogen-bond donors (Lipinski definition) is 3. The summed E-state index contributed by atoms with van der Waals surface area (Å²) in [7, 11) is -9.91. The highest BCUT2D eigenvalue weighted by Crippen LogP contribution is 2.45. The standard InChI is InChI=1S/C77H150O17P2/c1-7-9-11-13-15-17-18-19-21-25-30-36-42-48-54-60-75(80)88-66-73(94-76(81)61-55-49-43-37-31-26-23-20-22-24-28-34-39-45-51-57-69(3)4)68-92-96(85,86)90-64-71(78)63-89-95(83,84)91-67-72(65-87-74(79)59-53-47-41-33-16-14-12-10-8-2)93-77(82)62-56-50-44-38-32-27-29-35-40-46-52-58-70(5)6/h69-73,78H,7-68H2,1-6H3,(H,83,84)(H,85,86)/t71-,72+,73+/m0/s1. The summed E-state index contributed by atoms with van der Waals surface area (Å²) in [5.41, 5.74) is 0. The topological polar surface area (TPSA) is 237 Å². The van der Waals surface area contributed by atoms with Gasteiger partial charge in [-0.05, 0) is 37.5 Å². The Morgan fingerprint density at radius 3 is 0.708 bits per heavy atom. The maximum Gasteiger partial charge on any atom is 0.472 e. The summed E-state index contributed by atoms with van der Waals surface area (Å²) in [6, 6.07) is 0. The van der Waals surface area contributed by atoms with E-state index in [2.05, 4.69) is 41.5 Å². The van der Waals surface area contributed by atoms with Gasteiger partial charge in [0.25, 0.3) is 0 Å². The summed E-state index contributed by atoms with van der Waals surface area (Å²) in [5.74, 6) is -0.545. The lowest BCUT2D eigenvalue weighted by Gasteiger charge is -2.21. The van der Waals surface area contributed by atoms with Crippen LogP contribution in [0.3, 0.4) is 0 Å². The molecule has 3 N–H and O–H groups in total. The van der Waals surface area contributed by atoms with Crippen molar-refractivity contribution in [3.8, 4) is 0 Å². The molecule has 0 amide bonds. The maximum atomic E-state index is 13.1. The number of rotatable bonds is 76. The molecule has 0 saturated heterocycles. The lowest BCUT2D eigenvalue weighted by molar-refractivity contribution is -0.161. The van der Waals surface area contributed by atoms with E-state index in [-0.39, 0.29) is 25.7 Å². The third kappa shape index (κ3) is 70.5. The first-order valence-corrected chi connectivity index (χ1v) is 43.0. The van der Waals surface area contributed by atoms with E-state index in [1.165, 1.54) is 218 Å². The molecule has 570 valence electrons. The van der Waals surface area contributed by atoms with Crippen molar-refractivity contribution in [2.75, 3.05) is 39.6 Å². The zero-order valence-corrected chi connectivity index (χ0v) is 64.5.